The Morgan fingerprint density at radius 3 is 2.84 bits per heavy atom. The Morgan fingerprint density at radius 2 is 2.16 bits per heavy atom. The fraction of sp³-hybridized carbons (Fsp3) is 0.500. The lowest BCUT2D eigenvalue weighted by molar-refractivity contribution is 0.185. The zero-order valence-corrected chi connectivity index (χ0v) is 12.4. The van der Waals surface area contributed by atoms with Crippen molar-refractivity contribution in [3.05, 3.63) is 35.4 Å². The standard InChI is InChI=1S/C16H25N3/c1-11(2)8-9-19-12(3)10-18-16-14(13(19)4)6-5-7-15(16)17/h5-8,12-13,18H,9-10,17H2,1-4H3/t12-,13-/m1/s1. The van der Waals surface area contributed by atoms with Gasteiger partial charge < -0.3 is 11.1 Å². The van der Waals surface area contributed by atoms with E-state index < -0.39 is 0 Å². The van der Waals surface area contributed by atoms with E-state index in [2.05, 4.69) is 50.1 Å². The first-order valence-electron chi connectivity index (χ1n) is 7.02. The molecule has 2 atom stereocenters. The SMILES string of the molecule is CC(C)=CCN1[C@H](C)CNc2c(N)cccc2[C@H]1C. The summed E-state index contributed by atoms with van der Waals surface area (Å²) >= 11 is 0. The Labute approximate surface area is 116 Å². The lowest BCUT2D eigenvalue weighted by Crippen LogP contribution is -2.37. The number of fused-ring (bicyclic) bond motifs is 1. The van der Waals surface area contributed by atoms with Gasteiger partial charge in [0.05, 0.1) is 11.4 Å². The third-order valence-electron chi connectivity index (χ3n) is 3.93. The summed E-state index contributed by atoms with van der Waals surface area (Å²) in [7, 11) is 0. The maximum absolute atomic E-state index is 6.09. The van der Waals surface area contributed by atoms with Gasteiger partial charge in [0.2, 0.25) is 0 Å². The molecule has 0 aliphatic carbocycles. The van der Waals surface area contributed by atoms with Gasteiger partial charge in [-0.3, -0.25) is 4.90 Å². The molecule has 1 aliphatic rings. The normalized spacial score (nSPS) is 23.2. The Hall–Kier alpha value is -1.48. The van der Waals surface area contributed by atoms with Crippen LogP contribution in [0.15, 0.2) is 29.8 Å². The van der Waals surface area contributed by atoms with Gasteiger partial charge in [0.1, 0.15) is 0 Å². The molecule has 0 fully saturated rings. The number of para-hydroxylation sites is 1. The maximum Gasteiger partial charge on any atom is 0.0622 e. The van der Waals surface area contributed by atoms with Crippen molar-refractivity contribution in [2.75, 3.05) is 24.1 Å². The monoisotopic (exact) mass is 259 g/mol. The number of rotatable bonds is 2. The second-order valence-corrected chi connectivity index (χ2v) is 5.70. The molecule has 0 bridgehead atoms. The molecule has 3 nitrogen and oxygen atoms in total. The zero-order chi connectivity index (χ0) is 14.0. The first-order chi connectivity index (χ1) is 9.00. The van der Waals surface area contributed by atoms with Gasteiger partial charge in [-0.15, -0.1) is 0 Å². The van der Waals surface area contributed by atoms with Crippen molar-refractivity contribution in [1.82, 2.24) is 4.90 Å². The molecule has 1 heterocycles. The molecule has 0 saturated carbocycles. The predicted octanol–water partition coefficient (Wildman–Crippen LogP) is 3.41. The van der Waals surface area contributed by atoms with Crippen LogP contribution in [0.4, 0.5) is 11.4 Å². The fourth-order valence-corrected chi connectivity index (χ4v) is 2.69. The first-order valence-corrected chi connectivity index (χ1v) is 7.02. The molecule has 1 aromatic rings. The minimum absolute atomic E-state index is 0.374. The average molecular weight is 259 g/mol. The third kappa shape index (κ3) is 2.92. The van der Waals surface area contributed by atoms with Crippen molar-refractivity contribution in [2.24, 2.45) is 0 Å². The molecule has 0 aromatic heterocycles. The number of benzene rings is 1. The summed E-state index contributed by atoms with van der Waals surface area (Å²) in [5.74, 6) is 0. The molecule has 3 N–H and O–H groups in total. The highest BCUT2D eigenvalue weighted by molar-refractivity contribution is 5.71. The number of allylic oxidation sites excluding steroid dienone is 1. The Kier molecular flexibility index (Phi) is 4.15. The highest BCUT2D eigenvalue weighted by Gasteiger charge is 2.26. The van der Waals surface area contributed by atoms with Crippen LogP contribution in [0.3, 0.4) is 0 Å². The Bertz CT molecular complexity index is 475. The number of anilines is 2. The highest BCUT2D eigenvalue weighted by atomic mass is 15.2. The third-order valence-corrected chi connectivity index (χ3v) is 3.93. The smallest absolute Gasteiger partial charge is 0.0622 e. The summed E-state index contributed by atoms with van der Waals surface area (Å²) in [5, 5.41) is 3.50. The number of hydrogen-bond donors (Lipinski definition) is 2. The molecule has 0 amide bonds. The van der Waals surface area contributed by atoms with Crippen LogP contribution in [0.1, 0.15) is 39.3 Å². The van der Waals surface area contributed by atoms with Gasteiger partial charge in [-0.2, -0.15) is 0 Å². The summed E-state index contributed by atoms with van der Waals surface area (Å²) in [5.41, 5.74) is 10.7. The molecule has 0 spiro atoms. The molecule has 19 heavy (non-hydrogen) atoms. The van der Waals surface area contributed by atoms with Gasteiger partial charge in [0.25, 0.3) is 0 Å². The second kappa shape index (κ2) is 5.66. The lowest BCUT2D eigenvalue weighted by Gasteiger charge is -2.31. The van der Waals surface area contributed by atoms with Crippen LogP contribution in [0.2, 0.25) is 0 Å². The molecule has 2 rings (SSSR count). The van der Waals surface area contributed by atoms with Crippen molar-refractivity contribution >= 4 is 11.4 Å². The van der Waals surface area contributed by atoms with E-state index in [1.807, 2.05) is 12.1 Å². The minimum Gasteiger partial charge on any atom is -0.397 e. The Morgan fingerprint density at radius 1 is 1.42 bits per heavy atom. The number of nitrogens with one attached hydrogen (secondary N) is 1. The quantitative estimate of drug-likeness (QED) is 0.631. The second-order valence-electron chi connectivity index (χ2n) is 5.70. The van der Waals surface area contributed by atoms with E-state index in [1.54, 1.807) is 0 Å². The van der Waals surface area contributed by atoms with Crippen LogP contribution < -0.4 is 11.1 Å². The lowest BCUT2D eigenvalue weighted by atomic mass is 10.0. The number of nitrogens with zero attached hydrogens (tertiary/aromatic N) is 1. The van der Waals surface area contributed by atoms with Crippen LogP contribution in [0, 0.1) is 0 Å². The van der Waals surface area contributed by atoms with Crippen molar-refractivity contribution in [2.45, 2.75) is 39.8 Å². The van der Waals surface area contributed by atoms with Crippen LogP contribution in [0.25, 0.3) is 0 Å². The van der Waals surface area contributed by atoms with E-state index >= 15 is 0 Å². The van der Waals surface area contributed by atoms with Gasteiger partial charge in [-0.05, 0) is 39.3 Å². The van der Waals surface area contributed by atoms with E-state index in [9.17, 15) is 0 Å². The fourth-order valence-electron chi connectivity index (χ4n) is 2.69. The number of nitrogen functional groups attached to an aromatic ring is 1. The Balaban J connectivity index is 2.34. The van der Waals surface area contributed by atoms with Gasteiger partial charge in [-0.1, -0.05) is 23.8 Å². The van der Waals surface area contributed by atoms with Gasteiger partial charge in [-0.25, -0.2) is 0 Å². The largest absolute Gasteiger partial charge is 0.397 e. The molecular weight excluding hydrogens is 234 g/mol. The summed E-state index contributed by atoms with van der Waals surface area (Å²) in [6.45, 7) is 10.8. The molecule has 3 heteroatoms. The first kappa shape index (κ1) is 13.9. The van der Waals surface area contributed by atoms with Gasteiger partial charge in [0.15, 0.2) is 0 Å². The molecular formula is C16H25N3. The van der Waals surface area contributed by atoms with Crippen LogP contribution in [-0.2, 0) is 0 Å². The molecule has 0 saturated heterocycles. The van der Waals surface area contributed by atoms with Crippen molar-refractivity contribution in [1.29, 1.82) is 0 Å². The van der Waals surface area contributed by atoms with Crippen molar-refractivity contribution < 1.29 is 0 Å². The summed E-state index contributed by atoms with van der Waals surface area (Å²) in [6, 6.07) is 7.05. The number of nitrogens with two attached hydrogens (primary N) is 1. The summed E-state index contributed by atoms with van der Waals surface area (Å²) in [6.07, 6.45) is 2.30. The molecule has 0 radical (unpaired) electrons. The zero-order valence-electron chi connectivity index (χ0n) is 12.4. The van der Waals surface area contributed by atoms with E-state index in [0.717, 1.165) is 24.5 Å². The molecule has 0 unspecified atom stereocenters. The molecule has 1 aliphatic heterocycles. The average Bonchev–Trinajstić information content (AvgIpc) is 2.47. The number of hydrogen-bond acceptors (Lipinski definition) is 3. The summed E-state index contributed by atoms with van der Waals surface area (Å²) in [4.78, 5) is 2.52. The molecule has 104 valence electrons. The van der Waals surface area contributed by atoms with Crippen LogP contribution in [-0.4, -0.2) is 24.0 Å². The summed E-state index contributed by atoms with van der Waals surface area (Å²) < 4.78 is 0. The molecule has 1 aromatic carbocycles. The van der Waals surface area contributed by atoms with Crippen molar-refractivity contribution in [3.63, 3.8) is 0 Å². The topological polar surface area (TPSA) is 41.3 Å². The van der Waals surface area contributed by atoms with E-state index in [-0.39, 0.29) is 0 Å². The minimum atomic E-state index is 0.374. The van der Waals surface area contributed by atoms with Gasteiger partial charge >= 0.3 is 0 Å². The highest BCUT2D eigenvalue weighted by Crippen LogP contribution is 2.35. The van der Waals surface area contributed by atoms with Crippen LogP contribution in [0.5, 0.6) is 0 Å². The maximum atomic E-state index is 6.09. The van der Waals surface area contributed by atoms with E-state index in [4.69, 9.17) is 5.73 Å². The van der Waals surface area contributed by atoms with Crippen LogP contribution >= 0.6 is 0 Å². The van der Waals surface area contributed by atoms with Crippen molar-refractivity contribution in [3.8, 4) is 0 Å². The van der Waals surface area contributed by atoms with Gasteiger partial charge in [0, 0.05) is 25.2 Å². The van der Waals surface area contributed by atoms with E-state index in [0.29, 0.717) is 12.1 Å². The van der Waals surface area contributed by atoms with E-state index in [1.165, 1.54) is 11.1 Å². The predicted molar refractivity (Wildman–Crippen MR) is 83.4 cm³/mol.